The van der Waals surface area contributed by atoms with Gasteiger partial charge in [-0.1, -0.05) is 30.3 Å². The van der Waals surface area contributed by atoms with Crippen LogP contribution in [0.1, 0.15) is 16.8 Å². The third-order valence-electron chi connectivity index (χ3n) is 4.37. The van der Waals surface area contributed by atoms with Gasteiger partial charge in [-0.25, -0.2) is 9.97 Å². The van der Waals surface area contributed by atoms with Gasteiger partial charge in [-0.3, -0.25) is 4.90 Å². The number of anilines is 1. The van der Waals surface area contributed by atoms with E-state index in [-0.39, 0.29) is 0 Å². The normalized spacial score (nSPS) is 15.6. The molecular weight excluding hydrogens is 316 g/mol. The van der Waals surface area contributed by atoms with Gasteiger partial charge in [-0.15, -0.1) is 0 Å². The second-order valence-corrected chi connectivity index (χ2v) is 6.66. The third-order valence-corrected chi connectivity index (χ3v) is 4.37. The molecule has 2 aromatic rings. The zero-order chi connectivity index (χ0) is 17.6. The lowest BCUT2D eigenvalue weighted by molar-refractivity contribution is 0.00764. The number of aromatic nitrogens is 2. The summed E-state index contributed by atoms with van der Waals surface area (Å²) < 4.78 is 5.64. The van der Waals surface area contributed by atoms with Gasteiger partial charge in [0.25, 0.3) is 0 Å². The van der Waals surface area contributed by atoms with Crippen LogP contribution in [0, 0.1) is 0 Å². The molecule has 1 aliphatic rings. The summed E-state index contributed by atoms with van der Waals surface area (Å²) in [6.45, 7) is 3.12. The molecule has 1 N–H and O–H groups in total. The molecule has 0 radical (unpaired) electrons. The van der Waals surface area contributed by atoms with Gasteiger partial charge in [0.1, 0.15) is 12.1 Å². The molecule has 0 spiro atoms. The number of hydrogen-bond acceptors (Lipinski definition) is 6. The van der Waals surface area contributed by atoms with Crippen LogP contribution in [0.5, 0.6) is 0 Å². The maximum Gasteiger partial charge on any atom is 0.136 e. The van der Waals surface area contributed by atoms with Crippen molar-refractivity contribution in [1.29, 1.82) is 0 Å². The number of nitrogens with zero attached hydrogens (tertiary/aromatic N) is 4. The summed E-state index contributed by atoms with van der Waals surface area (Å²) in [4.78, 5) is 13.1. The Morgan fingerprint density at radius 2 is 2.04 bits per heavy atom. The Bertz CT molecular complexity index is 678. The fraction of sp³-hybridized carbons (Fsp3) is 0.474. The van der Waals surface area contributed by atoms with Crippen LogP contribution in [-0.2, 0) is 24.3 Å². The van der Waals surface area contributed by atoms with Gasteiger partial charge in [0.15, 0.2) is 0 Å². The van der Waals surface area contributed by atoms with E-state index >= 15 is 0 Å². The lowest BCUT2D eigenvalue weighted by Crippen LogP contribution is -2.39. The minimum Gasteiger partial charge on any atom is -0.389 e. The topological polar surface area (TPSA) is 61.7 Å². The standard InChI is InChI=1S/C19H26N4O2/c1-22(2)19-17-11-23(9-8-18(17)20-14-21-19)10-16(24)13-25-12-15-6-4-3-5-7-15/h3-7,14,16,24H,8-13H2,1-2H3. The Kier molecular flexibility index (Phi) is 5.96. The maximum absolute atomic E-state index is 10.3. The van der Waals surface area contributed by atoms with E-state index in [1.807, 2.05) is 49.3 Å². The Labute approximate surface area is 149 Å². The van der Waals surface area contributed by atoms with Crippen LogP contribution in [0.15, 0.2) is 36.7 Å². The van der Waals surface area contributed by atoms with Gasteiger partial charge in [-0.05, 0) is 5.56 Å². The minimum atomic E-state index is -0.502. The van der Waals surface area contributed by atoms with Crippen LogP contribution in [-0.4, -0.2) is 59.9 Å². The van der Waals surface area contributed by atoms with E-state index < -0.39 is 6.10 Å². The SMILES string of the molecule is CN(C)c1ncnc2c1CN(CC(O)COCc1ccccc1)CC2. The van der Waals surface area contributed by atoms with E-state index in [0.717, 1.165) is 42.1 Å². The summed E-state index contributed by atoms with van der Waals surface area (Å²) in [5.74, 6) is 0.963. The van der Waals surface area contributed by atoms with Crippen molar-refractivity contribution in [3.05, 3.63) is 53.5 Å². The second-order valence-electron chi connectivity index (χ2n) is 6.66. The lowest BCUT2D eigenvalue weighted by Gasteiger charge is -2.31. The molecule has 3 rings (SSSR count). The Morgan fingerprint density at radius 1 is 1.24 bits per heavy atom. The second kappa shape index (κ2) is 8.38. The number of aliphatic hydroxyl groups is 1. The first-order valence-corrected chi connectivity index (χ1v) is 8.65. The average Bonchev–Trinajstić information content (AvgIpc) is 2.62. The highest BCUT2D eigenvalue weighted by molar-refractivity contribution is 5.48. The van der Waals surface area contributed by atoms with Crippen LogP contribution < -0.4 is 4.90 Å². The number of fused-ring (bicyclic) bond motifs is 1. The molecule has 0 bridgehead atoms. The van der Waals surface area contributed by atoms with Crippen molar-refractivity contribution in [2.75, 3.05) is 38.7 Å². The van der Waals surface area contributed by atoms with Crippen LogP contribution in [0.4, 0.5) is 5.82 Å². The largest absolute Gasteiger partial charge is 0.389 e. The number of ether oxygens (including phenoxy) is 1. The monoisotopic (exact) mass is 342 g/mol. The van der Waals surface area contributed by atoms with Crippen molar-refractivity contribution in [3.63, 3.8) is 0 Å². The predicted octanol–water partition coefficient (Wildman–Crippen LogP) is 1.48. The summed E-state index contributed by atoms with van der Waals surface area (Å²) in [6, 6.07) is 10.0. The van der Waals surface area contributed by atoms with Crippen LogP contribution >= 0.6 is 0 Å². The summed E-state index contributed by atoms with van der Waals surface area (Å²) >= 11 is 0. The highest BCUT2D eigenvalue weighted by atomic mass is 16.5. The molecule has 0 saturated carbocycles. The van der Waals surface area contributed by atoms with E-state index in [4.69, 9.17) is 4.74 Å². The third kappa shape index (κ3) is 4.75. The van der Waals surface area contributed by atoms with Gasteiger partial charge in [0.05, 0.1) is 25.0 Å². The molecule has 1 unspecified atom stereocenters. The average molecular weight is 342 g/mol. The first-order chi connectivity index (χ1) is 12.1. The van der Waals surface area contributed by atoms with E-state index in [9.17, 15) is 5.11 Å². The summed E-state index contributed by atoms with van der Waals surface area (Å²) in [6.07, 6.45) is 2.02. The Morgan fingerprint density at radius 3 is 2.80 bits per heavy atom. The molecule has 1 atom stereocenters. The molecule has 1 aromatic heterocycles. The lowest BCUT2D eigenvalue weighted by atomic mass is 10.1. The highest BCUT2D eigenvalue weighted by Crippen LogP contribution is 2.24. The quantitative estimate of drug-likeness (QED) is 0.822. The summed E-state index contributed by atoms with van der Waals surface area (Å²) in [5.41, 5.74) is 3.40. The van der Waals surface area contributed by atoms with Crippen molar-refractivity contribution in [2.24, 2.45) is 0 Å². The summed E-state index contributed by atoms with van der Waals surface area (Å²) in [7, 11) is 3.99. The Hall–Kier alpha value is -2.02. The predicted molar refractivity (Wildman–Crippen MR) is 97.4 cm³/mol. The number of hydrogen-bond donors (Lipinski definition) is 1. The van der Waals surface area contributed by atoms with Crippen molar-refractivity contribution in [2.45, 2.75) is 25.7 Å². The molecule has 6 heteroatoms. The molecule has 0 aliphatic carbocycles. The summed E-state index contributed by atoms with van der Waals surface area (Å²) in [5, 5.41) is 10.3. The minimum absolute atomic E-state index is 0.337. The van der Waals surface area contributed by atoms with Crippen molar-refractivity contribution in [1.82, 2.24) is 14.9 Å². The van der Waals surface area contributed by atoms with Crippen LogP contribution in [0.25, 0.3) is 0 Å². The number of rotatable bonds is 7. The van der Waals surface area contributed by atoms with E-state index in [1.165, 1.54) is 0 Å². The van der Waals surface area contributed by atoms with Gasteiger partial charge in [0.2, 0.25) is 0 Å². The first-order valence-electron chi connectivity index (χ1n) is 8.65. The van der Waals surface area contributed by atoms with Crippen molar-refractivity contribution >= 4 is 5.82 Å². The van der Waals surface area contributed by atoms with Crippen molar-refractivity contribution in [3.8, 4) is 0 Å². The molecule has 0 amide bonds. The fourth-order valence-electron chi connectivity index (χ4n) is 3.16. The van der Waals surface area contributed by atoms with Crippen molar-refractivity contribution < 1.29 is 9.84 Å². The van der Waals surface area contributed by atoms with Gasteiger partial charge in [-0.2, -0.15) is 0 Å². The van der Waals surface area contributed by atoms with E-state index in [1.54, 1.807) is 6.33 Å². The maximum atomic E-state index is 10.3. The molecule has 0 fully saturated rings. The van der Waals surface area contributed by atoms with E-state index in [0.29, 0.717) is 19.8 Å². The smallest absolute Gasteiger partial charge is 0.136 e. The van der Waals surface area contributed by atoms with E-state index in [2.05, 4.69) is 14.9 Å². The molecule has 25 heavy (non-hydrogen) atoms. The fourth-order valence-corrected chi connectivity index (χ4v) is 3.16. The molecule has 1 aliphatic heterocycles. The molecule has 2 heterocycles. The molecule has 134 valence electrons. The molecule has 6 nitrogen and oxygen atoms in total. The van der Waals surface area contributed by atoms with Gasteiger partial charge >= 0.3 is 0 Å². The number of aliphatic hydroxyl groups excluding tert-OH is 1. The number of benzene rings is 1. The van der Waals surface area contributed by atoms with Gasteiger partial charge in [0, 0.05) is 45.7 Å². The van der Waals surface area contributed by atoms with Crippen LogP contribution in [0.3, 0.4) is 0 Å². The number of β-amino-alcohol motifs (C(OH)–C–C–N with tert-alkyl or cyclic N) is 1. The van der Waals surface area contributed by atoms with Gasteiger partial charge < -0.3 is 14.7 Å². The Balaban J connectivity index is 1.50. The molecular formula is C19H26N4O2. The molecule has 0 saturated heterocycles. The molecule has 1 aromatic carbocycles. The highest BCUT2D eigenvalue weighted by Gasteiger charge is 2.23. The zero-order valence-corrected chi connectivity index (χ0v) is 14.9. The zero-order valence-electron chi connectivity index (χ0n) is 14.9. The first kappa shape index (κ1) is 17.8. The van der Waals surface area contributed by atoms with Crippen LogP contribution in [0.2, 0.25) is 0 Å².